The van der Waals surface area contributed by atoms with Gasteiger partial charge in [0, 0.05) is 65.4 Å². The molecule has 10 N–H and O–H groups in total. The van der Waals surface area contributed by atoms with E-state index in [-0.39, 0.29) is 30.6 Å². The Morgan fingerprint density at radius 2 is 1.48 bits per heavy atom. The molecule has 3 atom stereocenters. The lowest BCUT2D eigenvalue weighted by atomic mass is 9.75. The number of rotatable bonds is 20. The maximum atomic E-state index is 12.9. The van der Waals surface area contributed by atoms with Gasteiger partial charge >= 0.3 is 0 Å². The summed E-state index contributed by atoms with van der Waals surface area (Å²) in [5, 5.41) is 24.3. The molecular weight excluding hydrogens is 402 g/mol. The molecule has 0 fully saturated rings. The van der Waals surface area contributed by atoms with Crippen LogP contribution in [0.25, 0.3) is 0 Å². The van der Waals surface area contributed by atoms with Crippen molar-refractivity contribution in [2.75, 3.05) is 72.6 Å². The van der Waals surface area contributed by atoms with Gasteiger partial charge < -0.3 is 43.2 Å². The summed E-state index contributed by atoms with van der Waals surface area (Å²) in [7, 11) is 1.76. The summed E-state index contributed by atoms with van der Waals surface area (Å²) in [6.07, 6.45) is 0.401. The Labute approximate surface area is 185 Å². The first-order chi connectivity index (χ1) is 14.9. The number of hydrogen-bond acceptors (Lipinski definition) is 9. The van der Waals surface area contributed by atoms with Gasteiger partial charge in [-0.25, -0.2) is 0 Å². The van der Waals surface area contributed by atoms with E-state index >= 15 is 0 Å². The average Bonchev–Trinajstić information content (AvgIpc) is 2.72. The average molecular weight is 446 g/mol. The Balaban J connectivity index is 5.22. The Hall–Kier alpha value is -1.63. The van der Waals surface area contributed by atoms with Crippen LogP contribution in [0.1, 0.15) is 19.8 Å². The molecule has 0 aromatic carbocycles. The van der Waals surface area contributed by atoms with Gasteiger partial charge in [-0.1, -0.05) is 0 Å². The van der Waals surface area contributed by atoms with Crippen LogP contribution in [0.2, 0.25) is 0 Å². The Kier molecular flexibility index (Phi) is 18.1. The highest BCUT2D eigenvalue weighted by atomic mass is 16.3. The molecule has 0 aromatic heterocycles. The number of nitrogens with two attached hydrogens (primary N) is 2. The Morgan fingerprint density at radius 3 is 1.97 bits per heavy atom. The van der Waals surface area contributed by atoms with Gasteiger partial charge in [0.15, 0.2) is 0 Å². The second kappa shape index (κ2) is 19.1. The summed E-state index contributed by atoms with van der Waals surface area (Å²) in [6.45, 7) is 5.94. The van der Waals surface area contributed by atoms with Crippen molar-refractivity contribution >= 4 is 17.6 Å². The summed E-state index contributed by atoms with van der Waals surface area (Å²) in [6, 6.07) is 0. The maximum Gasteiger partial charge on any atom is 0.230 e. The number of aliphatic hydroxyl groups excluding tert-OH is 1. The fraction of sp³-hybridized carbons (Fsp3) is 0.850. The van der Waals surface area contributed by atoms with Crippen molar-refractivity contribution in [3.8, 4) is 0 Å². The minimum absolute atomic E-state index is 0.0202. The summed E-state index contributed by atoms with van der Waals surface area (Å²) in [5.74, 6) is -2.66. The molecule has 2 amide bonds. The molecule has 0 aliphatic carbocycles. The zero-order chi connectivity index (χ0) is 23.5. The Bertz CT molecular complexity index is 502. The highest BCUT2D eigenvalue weighted by Gasteiger charge is 2.38. The van der Waals surface area contributed by atoms with Crippen LogP contribution in [0.5, 0.6) is 0 Å². The summed E-state index contributed by atoms with van der Waals surface area (Å²) in [4.78, 5) is 37.9. The lowest BCUT2D eigenvalue weighted by Crippen LogP contribution is -2.47. The van der Waals surface area contributed by atoms with Crippen LogP contribution in [0.4, 0.5) is 0 Å². The van der Waals surface area contributed by atoms with Gasteiger partial charge in [0.1, 0.15) is 5.78 Å². The summed E-state index contributed by atoms with van der Waals surface area (Å²) < 4.78 is 0. The van der Waals surface area contributed by atoms with Gasteiger partial charge in [-0.05, 0) is 38.8 Å². The molecule has 0 spiro atoms. The van der Waals surface area contributed by atoms with Gasteiger partial charge in [-0.3, -0.25) is 14.4 Å². The van der Waals surface area contributed by atoms with Gasteiger partial charge in [0.2, 0.25) is 11.8 Å². The smallest absolute Gasteiger partial charge is 0.230 e. The van der Waals surface area contributed by atoms with E-state index in [0.29, 0.717) is 65.3 Å². The highest BCUT2D eigenvalue weighted by molar-refractivity contribution is 6.01. The third-order valence-electron chi connectivity index (χ3n) is 5.01. The van der Waals surface area contributed by atoms with E-state index in [1.807, 2.05) is 0 Å². The molecule has 0 rings (SSSR count). The van der Waals surface area contributed by atoms with Crippen LogP contribution >= 0.6 is 0 Å². The maximum absolute atomic E-state index is 12.9. The topological polar surface area (TPSA) is 184 Å². The number of nitrogens with one attached hydrogen (secondary N) is 5. The number of aliphatic hydroxyl groups is 1. The lowest BCUT2D eigenvalue weighted by Gasteiger charge is -2.31. The number of carbonyl (C=O) groups excluding carboxylic acids is 3. The summed E-state index contributed by atoms with van der Waals surface area (Å²) >= 11 is 0. The lowest BCUT2D eigenvalue weighted by molar-refractivity contribution is -0.137. The van der Waals surface area contributed by atoms with E-state index in [4.69, 9.17) is 11.5 Å². The number of hydrogen-bond donors (Lipinski definition) is 8. The fourth-order valence-electron chi connectivity index (χ4n) is 3.55. The molecule has 0 aliphatic heterocycles. The van der Waals surface area contributed by atoms with Crippen LogP contribution in [0, 0.1) is 17.8 Å². The molecule has 11 heteroatoms. The molecule has 3 unspecified atom stereocenters. The molecule has 0 radical (unpaired) electrons. The van der Waals surface area contributed by atoms with Crippen molar-refractivity contribution in [1.82, 2.24) is 26.6 Å². The van der Waals surface area contributed by atoms with Crippen LogP contribution < -0.4 is 38.1 Å². The van der Waals surface area contributed by atoms with E-state index in [1.54, 1.807) is 7.05 Å². The van der Waals surface area contributed by atoms with Crippen LogP contribution in [0.3, 0.4) is 0 Å². The standard InChI is InChI=1S/C20H43N7O4/c1-15(29)19(20(31)27-11-9-25-7-5-22)17(16(3-12-28)14-23-2)13-18(30)26-10-8-24-6-4-21/h16-17,19,23-25,28H,3-14,21-22H2,1-2H3,(H,26,30)(H,27,31). The molecule has 182 valence electrons. The monoisotopic (exact) mass is 445 g/mol. The first kappa shape index (κ1) is 29.4. The molecule has 0 aliphatic rings. The van der Waals surface area contributed by atoms with Crippen LogP contribution in [-0.4, -0.2) is 95.3 Å². The van der Waals surface area contributed by atoms with Crippen molar-refractivity contribution < 1.29 is 19.5 Å². The molecule has 0 heterocycles. The molecular formula is C20H43N7O4. The number of amides is 2. The predicted molar refractivity (Wildman–Crippen MR) is 121 cm³/mol. The first-order valence-corrected chi connectivity index (χ1v) is 11.0. The van der Waals surface area contributed by atoms with Gasteiger partial charge in [-0.2, -0.15) is 0 Å². The first-order valence-electron chi connectivity index (χ1n) is 11.0. The number of carbonyl (C=O) groups is 3. The Morgan fingerprint density at radius 1 is 0.903 bits per heavy atom. The van der Waals surface area contributed by atoms with E-state index in [9.17, 15) is 19.5 Å². The molecule has 31 heavy (non-hydrogen) atoms. The second-order valence-electron chi connectivity index (χ2n) is 7.50. The highest BCUT2D eigenvalue weighted by Crippen LogP contribution is 2.28. The van der Waals surface area contributed by atoms with E-state index in [1.165, 1.54) is 6.92 Å². The molecule has 0 aromatic rings. The SMILES string of the molecule is CNCC(CCO)C(CC(=O)NCCNCCN)C(C(C)=O)C(=O)NCCNCCN. The number of ketones is 1. The molecule has 0 saturated heterocycles. The van der Waals surface area contributed by atoms with Crippen molar-refractivity contribution in [2.24, 2.45) is 29.2 Å². The molecule has 11 nitrogen and oxygen atoms in total. The van der Waals surface area contributed by atoms with Crippen LogP contribution in [-0.2, 0) is 14.4 Å². The third kappa shape index (κ3) is 13.4. The van der Waals surface area contributed by atoms with Crippen molar-refractivity contribution in [1.29, 1.82) is 0 Å². The minimum Gasteiger partial charge on any atom is -0.396 e. The second-order valence-corrected chi connectivity index (χ2v) is 7.50. The minimum atomic E-state index is -0.972. The van der Waals surface area contributed by atoms with Crippen molar-refractivity contribution in [2.45, 2.75) is 19.8 Å². The molecule has 0 bridgehead atoms. The third-order valence-corrected chi connectivity index (χ3v) is 5.01. The van der Waals surface area contributed by atoms with E-state index < -0.39 is 17.7 Å². The van der Waals surface area contributed by atoms with Gasteiger partial charge in [0.05, 0.1) is 5.92 Å². The fourth-order valence-corrected chi connectivity index (χ4v) is 3.55. The zero-order valence-corrected chi connectivity index (χ0v) is 19.0. The number of Topliss-reactive ketones (excluding diaryl/α,β-unsaturated/α-hetero) is 1. The largest absolute Gasteiger partial charge is 0.396 e. The quantitative estimate of drug-likeness (QED) is 0.0704. The molecule has 0 saturated carbocycles. The summed E-state index contributed by atoms with van der Waals surface area (Å²) in [5.41, 5.74) is 10.8. The van der Waals surface area contributed by atoms with Crippen LogP contribution in [0.15, 0.2) is 0 Å². The predicted octanol–water partition coefficient (Wildman–Crippen LogP) is -3.26. The normalized spacial score (nSPS) is 14.0. The zero-order valence-electron chi connectivity index (χ0n) is 19.0. The van der Waals surface area contributed by atoms with E-state index in [0.717, 1.165) is 0 Å². The van der Waals surface area contributed by atoms with Crippen molar-refractivity contribution in [3.05, 3.63) is 0 Å². The van der Waals surface area contributed by atoms with Crippen molar-refractivity contribution in [3.63, 3.8) is 0 Å². The van der Waals surface area contributed by atoms with Gasteiger partial charge in [0.25, 0.3) is 0 Å². The van der Waals surface area contributed by atoms with E-state index in [2.05, 4.69) is 26.6 Å². The van der Waals surface area contributed by atoms with Gasteiger partial charge in [-0.15, -0.1) is 0 Å².